The third-order valence-electron chi connectivity index (χ3n) is 9.02. The van der Waals surface area contributed by atoms with Crippen LogP contribution in [0.4, 0.5) is 0 Å². The monoisotopic (exact) mass is 616 g/mol. The van der Waals surface area contributed by atoms with E-state index in [1.54, 1.807) is 0 Å². The number of hydrogen-bond acceptors (Lipinski definition) is 6. The Kier molecular flexibility index (Phi) is 5.77. The van der Waals surface area contributed by atoms with Crippen LogP contribution in [0.15, 0.2) is 155 Å². The van der Waals surface area contributed by atoms with E-state index in [1.807, 2.05) is 91.1 Å². The molecule has 6 heteroatoms. The lowest BCUT2D eigenvalue weighted by Crippen LogP contribution is -2.01. The molecule has 224 valence electrons. The molecule has 0 fully saturated rings. The van der Waals surface area contributed by atoms with E-state index in [-0.39, 0.29) is 0 Å². The highest BCUT2D eigenvalue weighted by Crippen LogP contribution is 2.41. The summed E-state index contributed by atoms with van der Waals surface area (Å²) < 4.78 is 12.4. The van der Waals surface area contributed by atoms with E-state index in [0.717, 1.165) is 82.6 Å². The third-order valence-corrected chi connectivity index (χ3v) is 9.02. The zero-order valence-electron chi connectivity index (χ0n) is 25.5. The average molecular weight is 617 g/mol. The zero-order valence-corrected chi connectivity index (χ0v) is 25.5. The molecular weight excluding hydrogens is 592 g/mol. The van der Waals surface area contributed by atoms with Gasteiger partial charge in [-0.05, 0) is 41.1 Å². The highest BCUT2D eigenvalue weighted by molar-refractivity contribution is 6.15. The van der Waals surface area contributed by atoms with Crippen LogP contribution in [-0.4, -0.2) is 19.9 Å². The first-order valence-electron chi connectivity index (χ1n) is 15.8. The number of benzene rings is 6. The van der Waals surface area contributed by atoms with Gasteiger partial charge >= 0.3 is 0 Å². The summed E-state index contributed by atoms with van der Waals surface area (Å²) in [6.07, 6.45) is 1.81. The van der Waals surface area contributed by atoms with Gasteiger partial charge in [-0.15, -0.1) is 0 Å². The van der Waals surface area contributed by atoms with E-state index in [4.69, 9.17) is 28.8 Å². The fourth-order valence-corrected chi connectivity index (χ4v) is 6.87. The van der Waals surface area contributed by atoms with E-state index in [1.165, 1.54) is 0 Å². The second kappa shape index (κ2) is 10.4. The minimum atomic E-state index is 0.584. The van der Waals surface area contributed by atoms with Gasteiger partial charge in [0.2, 0.25) is 0 Å². The molecular formula is C42H24N4O2. The van der Waals surface area contributed by atoms with Crippen LogP contribution in [0, 0.1) is 0 Å². The summed E-state index contributed by atoms with van der Waals surface area (Å²) in [5.41, 5.74) is 7.87. The lowest BCUT2D eigenvalue weighted by atomic mass is 9.95. The SMILES string of the molecule is c1ccc(-c2nc(-c3ccc(-c4nccc5oc6ccccc6c45)c4ccccc34)nc(-c3cccc4oc5ccccc5c34)n2)cc1. The van der Waals surface area contributed by atoms with Crippen molar-refractivity contribution in [1.82, 2.24) is 19.9 Å². The molecule has 0 unspecified atom stereocenters. The first-order valence-corrected chi connectivity index (χ1v) is 15.8. The van der Waals surface area contributed by atoms with Gasteiger partial charge in [0.1, 0.15) is 22.3 Å². The molecule has 0 bridgehead atoms. The standard InChI is InChI=1S/C42H24N4O2/c1-2-11-25(12-3-1)40-44-41(46-42(45-40)32-17-10-20-35-37(32)30-15-6-8-18-33(30)47-35)29-22-21-28(26-13-4-5-14-27(26)29)39-38-31-16-7-9-19-34(31)48-36(38)23-24-43-39/h1-24H. The van der Waals surface area contributed by atoms with Gasteiger partial charge in [-0.1, -0.05) is 109 Å². The van der Waals surface area contributed by atoms with Gasteiger partial charge in [0.15, 0.2) is 17.5 Å². The summed E-state index contributed by atoms with van der Waals surface area (Å²) in [6.45, 7) is 0. The molecule has 10 rings (SSSR count). The summed E-state index contributed by atoms with van der Waals surface area (Å²) in [5, 5.41) is 6.11. The topological polar surface area (TPSA) is 77.8 Å². The lowest BCUT2D eigenvalue weighted by Gasteiger charge is -2.13. The second-order valence-electron chi connectivity index (χ2n) is 11.8. The molecule has 0 saturated carbocycles. The number of hydrogen-bond donors (Lipinski definition) is 0. The van der Waals surface area contributed by atoms with Gasteiger partial charge in [0.25, 0.3) is 0 Å². The number of aromatic nitrogens is 4. The number of furan rings is 2. The van der Waals surface area contributed by atoms with Crippen molar-refractivity contribution in [3.63, 3.8) is 0 Å². The minimum Gasteiger partial charge on any atom is -0.456 e. The first kappa shape index (κ1) is 26.5. The van der Waals surface area contributed by atoms with Crippen molar-refractivity contribution in [3.05, 3.63) is 146 Å². The van der Waals surface area contributed by atoms with Crippen LogP contribution in [0.25, 0.3) is 100 Å². The van der Waals surface area contributed by atoms with Crippen LogP contribution in [0.5, 0.6) is 0 Å². The Morgan fingerprint density at radius 3 is 1.65 bits per heavy atom. The molecule has 0 spiro atoms. The Morgan fingerprint density at radius 1 is 0.354 bits per heavy atom. The van der Waals surface area contributed by atoms with Crippen LogP contribution in [0.1, 0.15) is 0 Å². The molecule has 0 atom stereocenters. The number of para-hydroxylation sites is 2. The first-order chi connectivity index (χ1) is 23.8. The van der Waals surface area contributed by atoms with Crippen LogP contribution in [0.2, 0.25) is 0 Å². The fraction of sp³-hybridized carbons (Fsp3) is 0. The van der Waals surface area contributed by atoms with E-state index >= 15 is 0 Å². The average Bonchev–Trinajstić information content (AvgIpc) is 3.73. The molecule has 0 aliphatic heterocycles. The summed E-state index contributed by atoms with van der Waals surface area (Å²) in [5.74, 6) is 1.77. The molecule has 6 aromatic carbocycles. The van der Waals surface area contributed by atoms with Crippen LogP contribution >= 0.6 is 0 Å². The van der Waals surface area contributed by atoms with Crippen molar-refractivity contribution >= 4 is 54.6 Å². The maximum absolute atomic E-state index is 6.22. The van der Waals surface area contributed by atoms with Crippen molar-refractivity contribution < 1.29 is 8.83 Å². The Bertz CT molecular complexity index is 2850. The van der Waals surface area contributed by atoms with Crippen molar-refractivity contribution in [2.75, 3.05) is 0 Å². The largest absolute Gasteiger partial charge is 0.456 e. The summed E-state index contributed by atoms with van der Waals surface area (Å²) in [7, 11) is 0. The Labute approximate surface area is 274 Å². The van der Waals surface area contributed by atoms with Crippen LogP contribution in [0.3, 0.4) is 0 Å². The molecule has 0 amide bonds. The summed E-state index contributed by atoms with van der Waals surface area (Å²) in [6, 6.07) is 46.8. The molecule has 0 saturated heterocycles. The molecule has 0 N–H and O–H groups in total. The molecule has 10 aromatic rings. The van der Waals surface area contributed by atoms with E-state index in [2.05, 4.69) is 54.6 Å². The molecule has 0 aliphatic rings. The smallest absolute Gasteiger partial charge is 0.164 e. The highest BCUT2D eigenvalue weighted by Gasteiger charge is 2.21. The van der Waals surface area contributed by atoms with Gasteiger partial charge in [-0.25, -0.2) is 15.0 Å². The zero-order chi connectivity index (χ0) is 31.6. The predicted molar refractivity (Wildman–Crippen MR) is 191 cm³/mol. The lowest BCUT2D eigenvalue weighted by molar-refractivity contribution is 0.668. The van der Waals surface area contributed by atoms with Gasteiger partial charge < -0.3 is 8.83 Å². The van der Waals surface area contributed by atoms with Crippen molar-refractivity contribution in [2.45, 2.75) is 0 Å². The van der Waals surface area contributed by atoms with Crippen molar-refractivity contribution in [3.8, 4) is 45.4 Å². The molecule has 0 radical (unpaired) electrons. The minimum absolute atomic E-state index is 0.584. The van der Waals surface area contributed by atoms with Gasteiger partial charge in [0, 0.05) is 44.6 Å². The van der Waals surface area contributed by atoms with Gasteiger partial charge in [-0.3, -0.25) is 4.98 Å². The number of pyridine rings is 1. The quantitative estimate of drug-likeness (QED) is 0.196. The maximum atomic E-state index is 6.22. The molecule has 4 aromatic heterocycles. The van der Waals surface area contributed by atoms with E-state index in [0.29, 0.717) is 17.5 Å². The highest BCUT2D eigenvalue weighted by atomic mass is 16.3. The molecule has 6 nitrogen and oxygen atoms in total. The number of fused-ring (bicyclic) bond motifs is 7. The maximum Gasteiger partial charge on any atom is 0.164 e. The Hall–Kier alpha value is -6.66. The summed E-state index contributed by atoms with van der Waals surface area (Å²) in [4.78, 5) is 20.2. The predicted octanol–water partition coefficient (Wildman–Crippen LogP) is 10.9. The molecule has 4 heterocycles. The normalized spacial score (nSPS) is 11.8. The fourth-order valence-electron chi connectivity index (χ4n) is 6.87. The van der Waals surface area contributed by atoms with Gasteiger partial charge in [-0.2, -0.15) is 0 Å². The molecule has 0 aliphatic carbocycles. The Balaban J connectivity index is 1.23. The number of nitrogens with zero attached hydrogens (tertiary/aromatic N) is 4. The van der Waals surface area contributed by atoms with Crippen molar-refractivity contribution in [1.29, 1.82) is 0 Å². The van der Waals surface area contributed by atoms with Gasteiger partial charge in [0.05, 0.1) is 11.1 Å². The second-order valence-corrected chi connectivity index (χ2v) is 11.8. The van der Waals surface area contributed by atoms with Crippen LogP contribution in [-0.2, 0) is 0 Å². The van der Waals surface area contributed by atoms with E-state index in [9.17, 15) is 0 Å². The number of rotatable bonds is 4. The Morgan fingerprint density at radius 2 is 0.896 bits per heavy atom. The molecule has 48 heavy (non-hydrogen) atoms. The van der Waals surface area contributed by atoms with E-state index < -0.39 is 0 Å². The third kappa shape index (κ3) is 4.06. The summed E-state index contributed by atoms with van der Waals surface area (Å²) >= 11 is 0. The van der Waals surface area contributed by atoms with Crippen molar-refractivity contribution in [2.24, 2.45) is 0 Å². The van der Waals surface area contributed by atoms with Crippen LogP contribution < -0.4 is 0 Å².